The van der Waals surface area contributed by atoms with Gasteiger partial charge in [-0.1, -0.05) is 17.7 Å². The number of Topliss-reactive ketones (excluding diaryl/α,β-unsaturated/α-hetero) is 1. The molecule has 33 heavy (non-hydrogen) atoms. The molecule has 0 saturated heterocycles. The Morgan fingerprint density at radius 2 is 1.85 bits per heavy atom. The molecule has 178 valence electrons. The Labute approximate surface area is 197 Å². The normalized spacial score (nSPS) is 20.8. The Bertz CT molecular complexity index is 1040. The van der Waals surface area contributed by atoms with Gasteiger partial charge in [0.15, 0.2) is 11.5 Å². The molecular weight excluding hydrogens is 448 g/mol. The molecule has 1 aromatic heterocycles. The minimum atomic E-state index is -0.674. The number of carbonyl (C=O) groups excluding carboxylic acids is 3. The number of amides is 2. The van der Waals surface area contributed by atoms with Gasteiger partial charge in [0.05, 0.1) is 11.6 Å². The third-order valence-electron chi connectivity index (χ3n) is 5.39. The lowest BCUT2D eigenvalue weighted by atomic mass is 9.80. The number of halogens is 1. The summed E-state index contributed by atoms with van der Waals surface area (Å²) in [5.41, 5.74) is 0.0610. The summed E-state index contributed by atoms with van der Waals surface area (Å²) < 4.78 is 10.3. The smallest absolute Gasteiger partial charge is 0.407 e. The van der Waals surface area contributed by atoms with Crippen LogP contribution in [0, 0.1) is 5.92 Å². The van der Waals surface area contributed by atoms with Crippen molar-refractivity contribution in [2.45, 2.75) is 57.7 Å². The van der Waals surface area contributed by atoms with E-state index in [1.54, 1.807) is 45.0 Å². The first-order chi connectivity index (χ1) is 15.6. The lowest BCUT2D eigenvalue weighted by molar-refractivity contribution is -0.127. The molecule has 1 saturated carbocycles. The highest BCUT2D eigenvalue weighted by molar-refractivity contribution is 6.31. The van der Waals surface area contributed by atoms with Crippen LogP contribution in [0.4, 0.5) is 4.79 Å². The number of hydrogen-bond acceptors (Lipinski definition) is 7. The molecule has 0 bridgehead atoms. The number of rotatable bonds is 6. The van der Waals surface area contributed by atoms with Gasteiger partial charge in [-0.15, -0.1) is 10.2 Å². The van der Waals surface area contributed by atoms with Crippen LogP contribution in [0.3, 0.4) is 0 Å². The van der Waals surface area contributed by atoms with Gasteiger partial charge in [-0.05, 0) is 58.2 Å². The highest BCUT2D eigenvalue weighted by Crippen LogP contribution is 2.27. The number of hydrogen-bond donors (Lipinski definition) is 2. The number of nitrogens with one attached hydrogen (secondary N) is 2. The second kappa shape index (κ2) is 10.4. The Morgan fingerprint density at radius 3 is 2.55 bits per heavy atom. The van der Waals surface area contributed by atoms with Crippen LogP contribution in [-0.2, 0) is 14.3 Å². The zero-order valence-electron chi connectivity index (χ0n) is 19.2. The van der Waals surface area contributed by atoms with Gasteiger partial charge in [-0.3, -0.25) is 9.59 Å². The predicted molar refractivity (Wildman–Crippen MR) is 123 cm³/mol. The minimum Gasteiger partial charge on any atom is -0.444 e. The fraction of sp³-hybridized carbons (Fsp3) is 0.522. The van der Waals surface area contributed by atoms with Gasteiger partial charge in [-0.2, -0.15) is 0 Å². The van der Waals surface area contributed by atoms with E-state index in [1.807, 2.05) is 0 Å². The second-order valence-corrected chi connectivity index (χ2v) is 9.61. The predicted octanol–water partition coefficient (Wildman–Crippen LogP) is 3.29. The standard InChI is InChI=1S/C23H29ClN4O5/c1-23(2,3)33-22(31)26-18-10-14(20(29)12-32-4)6-8-16(18)25-21(30)19-9-13-5-7-15(24)11-17(13)27-28-19/h5,7,9,11,14,16,18H,6,8,10,12H2,1-4H3,(H,25,30)(H,26,31)/t14?,16-,18+/m0/s1. The number of alkyl carbamates (subject to hydrolysis) is 1. The molecule has 0 spiro atoms. The van der Waals surface area contributed by atoms with Gasteiger partial charge in [0, 0.05) is 29.5 Å². The largest absolute Gasteiger partial charge is 0.444 e. The maximum absolute atomic E-state index is 12.9. The van der Waals surface area contributed by atoms with Crippen LogP contribution < -0.4 is 10.6 Å². The van der Waals surface area contributed by atoms with Crippen molar-refractivity contribution in [3.05, 3.63) is 35.0 Å². The number of nitrogens with zero attached hydrogens (tertiary/aromatic N) is 2. The van der Waals surface area contributed by atoms with Crippen LogP contribution in [0.5, 0.6) is 0 Å². The van der Waals surface area contributed by atoms with Crippen LogP contribution in [0.2, 0.25) is 5.02 Å². The van der Waals surface area contributed by atoms with E-state index in [0.717, 1.165) is 5.39 Å². The van der Waals surface area contributed by atoms with Gasteiger partial charge < -0.3 is 20.1 Å². The highest BCUT2D eigenvalue weighted by Gasteiger charge is 2.36. The molecule has 1 aliphatic carbocycles. The molecule has 2 N–H and O–H groups in total. The van der Waals surface area contributed by atoms with Crippen LogP contribution >= 0.6 is 11.6 Å². The number of carbonyl (C=O) groups is 3. The van der Waals surface area contributed by atoms with Crippen LogP contribution in [-0.4, -0.2) is 59.4 Å². The van der Waals surface area contributed by atoms with Crippen molar-refractivity contribution in [1.82, 2.24) is 20.8 Å². The van der Waals surface area contributed by atoms with Crippen LogP contribution in [0.15, 0.2) is 24.3 Å². The maximum Gasteiger partial charge on any atom is 0.407 e. The van der Waals surface area contributed by atoms with Gasteiger partial charge >= 0.3 is 6.09 Å². The Balaban J connectivity index is 1.75. The van der Waals surface area contributed by atoms with E-state index < -0.39 is 29.7 Å². The van der Waals surface area contributed by atoms with E-state index in [9.17, 15) is 14.4 Å². The monoisotopic (exact) mass is 476 g/mol. The van der Waals surface area contributed by atoms with Crippen molar-refractivity contribution in [2.24, 2.45) is 5.92 Å². The quantitative estimate of drug-likeness (QED) is 0.656. The average molecular weight is 477 g/mol. The molecule has 1 fully saturated rings. The fourth-order valence-corrected chi connectivity index (χ4v) is 4.04. The van der Waals surface area contributed by atoms with E-state index in [2.05, 4.69) is 20.8 Å². The Hall–Kier alpha value is -2.78. The van der Waals surface area contributed by atoms with E-state index >= 15 is 0 Å². The van der Waals surface area contributed by atoms with E-state index in [0.29, 0.717) is 29.8 Å². The average Bonchev–Trinajstić information content (AvgIpc) is 2.73. The van der Waals surface area contributed by atoms with Crippen LogP contribution in [0.1, 0.15) is 50.5 Å². The number of benzene rings is 1. The first-order valence-electron chi connectivity index (χ1n) is 10.8. The van der Waals surface area contributed by atoms with Gasteiger partial charge in [0.25, 0.3) is 5.91 Å². The summed E-state index contributed by atoms with van der Waals surface area (Å²) in [5, 5.41) is 15.1. The summed E-state index contributed by atoms with van der Waals surface area (Å²) in [6.07, 6.45) is 0.840. The Kier molecular flexibility index (Phi) is 7.86. The van der Waals surface area contributed by atoms with Crippen molar-refractivity contribution in [1.29, 1.82) is 0 Å². The molecule has 1 aliphatic rings. The maximum atomic E-state index is 12.9. The number of ketones is 1. The van der Waals surface area contributed by atoms with E-state index in [1.165, 1.54) is 7.11 Å². The fourth-order valence-electron chi connectivity index (χ4n) is 3.88. The SMILES string of the molecule is COCC(=O)C1CC[C@H](NC(=O)c2cc3ccc(Cl)cc3nn2)[C@H](NC(=O)OC(C)(C)C)C1. The highest BCUT2D eigenvalue weighted by atomic mass is 35.5. The van der Waals surface area contributed by atoms with Crippen molar-refractivity contribution in [3.63, 3.8) is 0 Å². The molecular formula is C23H29ClN4O5. The van der Waals surface area contributed by atoms with Gasteiger partial charge in [-0.25, -0.2) is 4.79 Å². The van der Waals surface area contributed by atoms with Crippen molar-refractivity contribution >= 4 is 40.3 Å². The molecule has 2 aromatic rings. The van der Waals surface area contributed by atoms with Crippen molar-refractivity contribution < 1.29 is 23.9 Å². The minimum absolute atomic E-state index is 0.0115. The molecule has 0 aliphatic heterocycles. The number of methoxy groups -OCH3 is 1. The lowest BCUT2D eigenvalue weighted by Gasteiger charge is -2.36. The molecule has 0 radical (unpaired) electrons. The first kappa shape index (κ1) is 24.9. The van der Waals surface area contributed by atoms with E-state index in [4.69, 9.17) is 21.1 Å². The third-order valence-corrected chi connectivity index (χ3v) is 5.63. The van der Waals surface area contributed by atoms with Crippen molar-refractivity contribution in [2.75, 3.05) is 13.7 Å². The molecule has 10 heteroatoms. The molecule has 1 heterocycles. The summed E-state index contributed by atoms with van der Waals surface area (Å²) in [7, 11) is 1.47. The molecule has 3 rings (SSSR count). The van der Waals surface area contributed by atoms with E-state index in [-0.39, 0.29) is 24.0 Å². The van der Waals surface area contributed by atoms with Gasteiger partial charge in [0.1, 0.15) is 12.2 Å². The molecule has 1 unspecified atom stereocenters. The zero-order valence-corrected chi connectivity index (χ0v) is 19.9. The lowest BCUT2D eigenvalue weighted by Crippen LogP contribution is -2.56. The molecule has 3 atom stereocenters. The second-order valence-electron chi connectivity index (χ2n) is 9.17. The van der Waals surface area contributed by atoms with Crippen molar-refractivity contribution in [3.8, 4) is 0 Å². The summed E-state index contributed by atoms with van der Waals surface area (Å²) in [4.78, 5) is 37.7. The summed E-state index contributed by atoms with van der Waals surface area (Å²) in [6, 6.07) is 5.90. The summed E-state index contributed by atoms with van der Waals surface area (Å²) in [6.45, 7) is 5.31. The first-order valence-corrected chi connectivity index (χ1v) is 11.2. The molecule has 9 nitrogen and oxygen atoms in total. The summed E-state index contributed by atoms with van der Waals surface area (Å²) in [5.74, 6) is -0.720. The number of aromatic nitrogens is 2. The zero-order chi connectivity index (χ0) is 24.2. The Morgan fingerprint density at radius 1 is 1.09 bits per heavy atom. The van der Waals surface area contributed by atoms with Crippen LogP contribution in [0.25, 0.3) is 10.9 Å². The van der Waals surface area contributed by atoms with Gasteiger partial charge in [0.2, 0.25) is 0 Å². The molecule has 2 amide bonds. The number of ether oxygens (including phenoxy) is 2. The third kappa shape index (κ3) is 6.85. The number of fused-ring (bicyclic) bond motifs is 1. The summed E-state index contributed by atoms with van der Waals surface area (Å²) >= 11 is 5.98. The topological polar surface area (TPSA) is 120 Å². The molecule has 1 aromatic carbocycles.